The van der Waals surface area contributed by atoms with Crippen molar-refractivity contribution in [3.05, 3.63) is 155 Å². The molecule has 0 spiro atoms. The summed E-state index contributed by atoms with van der Waals surface area (Å²) in [6, 6.07) is 24.2. The zero-order chi connectivity index (χ0) is 54.2. The molecule has 9 aromatic rings. The minimum Gasteiger partial charge on any atom is -0.370 e. The largest absolute Gasteiger partial charge is 0.370 e. The van der Waals surface area contributed by atoms with Gasteiger partial charge in [0, 0.05) is 84.6 Å². The molecule has 0 saturated heterocycles. The molecule has 0 atom stereocenters. The Morgan fingerprint density at radius 2 is 0.962 bits per heavy atom. The molecule has 0 aliphatic carbocycles. The van der Waals surface area contributed by atoms with Crippen LogP contribution in [0.3, 0.4) is 0 Å². The third-order valence-corrected chi connectivity index (χ3v) is 15.2. The average molecular weight is 1040 g/mol. The first-order valence-electron chi connectivity index (χ1n) is 26.8. The van der Waals surface area contributed by atoms with E-state index in [0.717, 1.165) is 146 Å². The van der Waals surface area contributed by atoms with Crippen molar-refractivity contribution in [2.75, 3.05) is 36.8 Å². The summed E-state index contributed by atoms with van der Waals surface area (Å²) < 4.78 is 4.02. The van der Waals surface area contributed by atoms with E-state index in [0.29, 0.717) is 51.9 Å². The van der Waals surface area contributed by atoms with Crippen molar-refractivity contribution in [1.29, 1.82) is 0 Å². The second-order valence-corrected chi connectivity index (χ2v) is 20.3. The number of aromatic amines is 2. The predicted octanol–water partition coefficient (Wildman–Crippen LogP) is 11.9. The molecule has 0 aromatic carbocycles. The molecular weight excluding hydrogens is 973 g/mol. The van der Waals surface area contributed by atoms with Crippen molar-refractivity contribution in [2.45, 2.75) is 80.1 Å². The van der Waals surface area contributed by atoms with Gasteiger partial charge >= 0.3 is 0 Å². The summed E-state index contributed by atoms with van der Waals surface area (Å²) >= 11 is 0. The van der Waals surface area contributed by atoms with E-state index in [-0.39, 0.29) is 24.7 Å². The number of anilines is 2. The van der Waals surface area contributed by atoms with Gasteiger partial charge < -0.3 is 31.2 Å². The Balaban J connectivity index is 0.809. The highest BCUT2D eigenvalue weighted by atomic mass is 16.2. The van der Waals surface area contributed by atoms with Gasteiger partial charge in [0.1, 0.15) is 34.0 Å². The van der Waals surface area contributed by atoms with Crippen LogP contribution in [0.25, 0.3) is 90.1 Å². The van der Waals surface area contributed by atoms with Gasteiger partial charge in [-0.15, -0.1) is 0 Å². The van der Waals surface area contributed by atoms with Crippen LogP contribution in [-0.4, -0.2) is 86.7 Å². The number of rotatable bonds is 18. The van der Waals surface area contributed by atoms with Gasteiger partial charge in [0.25, 0.3) is 0 Å². The van der Waals surface area contributed by atoms with Crippen molar-refractivity contribution in [1.82, 2.24) is 59.3 Å². The summed E-state index contributed by atoms with van der Waals surface area (Å²) in [5.74, 6) is 1.43. The Kier molecular flexibility index (Phi) is 14.0. The van der Waals surface area contributed by atoms with Crippen molar-refractivity contribution in [3.8, 4) is 0 Å². The van der Waals surface area contributed by atoms with Crippen LogP contribution in [-0.2, 0) is 9.59 Å². The zero-order valence-corrected chi connectivity index (χ0v) is 45.1. The van der Waals surface area contributed by atoms with Gasteiger partial charge in [0.15, 0.2) is 11.3 Å². The number of hydrogen-bond acceptors (Lipinski definition) is 10. The number of nitrogens with zero attached hydrogens (tertiary/aromatic N) is 8. The van der Waals surface area contributed by atoms with Gasteiger partial charge in [0.2, 0.25) is 11.8 Å². The number of nitrogens with one attached hydrogen (secondary N) is 6. The van der Waals surface area contributed by atoms with E-state index in [9.17, 15) is 9.59 Å². The lowest BCUT2D eigenvalue weighted by atomic mass is 9.98. The topological polar surface area (TPSA) is 200 Å². The average Bonchev–Trinajstić information content (AvgIpc) is 4.28. The van der Waals surface area contributed by atoms with E-state index in [1.54, 1.807) is 0 Å². The summed E-state index contributed by atoms with van der Waals surface area (Å²) in [6.45, 7) is 23.1. The fourth-order valence-corrected chi connectivity index (χ4v) is 10.7. The van der Waals surface area contributed by atoms with Crippen LogP contribution < -0.4 is 21.3 Å². The summed E-state index contributed by atoms with van der Waals surface area (Å²) in [5, 5.41) is 13.1. The van der Waals surface area contributed by atoms with Crippen molar-refractivity contribution < 1.29 is 9.59 Å². The van der Waals surface area contributed by atoms with Gasteiger partial charge in [-0.2, -0.15) is 0 Å². The van der Waals surface area contributed by atoms with E-state index >= 15 is 0 Å². The summed E-state index contributed by atoms with van der Waals surface area (Å²) in [6.07, 6.45) is 10.6. The quantitative estimate of drug-likeness (QED) is 0.0449. The molecule has 8 bridgehead atoms. The van der Waals surface area contributed by atoms with E-state index in [1.165, 1.54) is 0 Å². The predicted molar refractivity (Wildman–Crippen MR) is 317 cm³/mol. The smallest absolute Gasteiger partial charge is 0.220 e. The number of allylic oxidation sites excluding steroid dienone is 4. The Morgan fingerprint density at radius 3 is 1.44 bits per heavy atom. The number of aryl methyl sites for hydroxylation is 4. The first-order valence-corrected chi connectivity index (χ1v) is 26.8. The standard InChI is InChI=1S/C62H64N14O2/c1-9-41-37(5)47-31-48-39(7)43(17-23-57(77)65-27-13-25-63-55-21-19-45-61(73-55)75-29-11-15-35(3)59(75)71-45)53(69-48)34-54-44(40(8)50(70-54)33-52-42(10-2)38(6)49(68-52)32-51(41)67-47)18-24-58(78)66-28-14-26-64-56-22-20-46-62(74-56)76-30-12-16-36(4)60(76)72-46/h9-12,15-16,19-22,29-34,67-68H,1-2,13-14,17-18,23-28H2,3-8H3,(H,63,73)(H,64,74)(H,65,77)(H,66,78). The van der Waals surface area contributed by atoms with Crippen LogP contribution in [0.1, 0.15) is 109 Å². The first kappa shape index (κ1) is 51.0. The van der Waals surface area contributed by atoms with Crippen LogP contribution in [0.5, 0.6) is 0 Å². The van der Waals surface area contributed by atoms with Gasteiger partial charge in [-0.05, 0) is 172 Å². The van der Waals surface area contributed by atoms with Crippen LogP contribution in [0, 0.1) is 27.7 Å². The number of pyridine rings is 4. The van der Waals surface area contributed by atoms with Gasteiger partial charge in [-0.3, -0.25) is 18.4 Å². The Hall–Kier alpha value is -9.18. The normalized spacial score (nSPS) is 12.6. The monoisotopic (exact) mass is 1040 g/mol. The van der Waals surface area contributed by atoms with Crippen LogP contribution in [0.4, 0.5) is 11.6 Å². The summed E-state index contributed by atoms with van der Waals surface area (Å²) in [5.41, 5.74) is 22.0. The maximum atomic E-state index is 13.6. The molecule has 78 heavy (non-hydrogen) atoms. The summed E-state index contributed by atoms with van der Waals surface area (Å²) in [7, 11) is 0. The Bertz CT molecular complexity index is 4160. The second kappa shape index (κ2) is 21.4. The number of carbonyl (C=O) groups is 2. The molecule has 394 valence electrons. The second-order valence-electron chi connectivity index (χ2n) is 20.3. The van der Waals surface area contributed by atoms with Crippen molar-refractivity contribution >= 4 is 114 Å². The number of amides is 2. The Labute approximate surface area is 452 Å². The molecule has 11 heterocycles. The number of imidazole rings is 2. The third kappa shape index (κ3) is 9.92. The molecule has 2 aliphatic rings. The highest BCUT2D eigenvalue weighted by molar-refractivity contribution is 5.98. The Morgan fingerprint density at radius 1 is 0.513 bits per heavy atom. The molecule has 16 nitrogen and oxygen atoms in total. The number of aromatic nitrogens is 10. The van der Waals surface area contributed by atoms with Crippen LogP contribution >= 0.6 is 0 Å². The van der Waals surface area contributed by atoms with E-state index in [2.05, 4.69) is 90.3 Å². The molecule has 6 N–H and O–H groups in total. The fourth-order valence-electron chi connectivity index (χ4n) is 10.7. The first-order chi connectivity index (χ1) is 37.8. The molecule has 11 rings (SSSR count). The molecule has 16 heteroatoms. The molecule has 2 amide bonds. The van der Waals surface area contributed by atoms with Crippen molar-refractivity contribution in [2.24, 2.45) is 0 Å². The van der Waals surface area contributed by atoms with Crippen LogP contribution in [0.2, 0.25) is 0 Å². The molecule has 0 unspecified atom stereocenters. The van der Waals surface area contributed by atoms with Crippen molar-refractivity contribution in [3.63, 3.8) is 0 Å². The third-order valence-electron chi connectivity index (χ3n) is 15.2. The molecule has 9 aromatic heterocycles. The number of fused-ring (bicyclic) bond motifs is 14. The van der Waals surface area contributed by atoms with Crippen LogP contribution in [0.15, 0.2) is 98.3 Å². The molecule has 0 radical (unpaired) electrons. The summed E-state index contributed by atoms with van der Waals surface area (Å²) in [4.78, 5) is 64.2. The molecule has 2 aliphatic heterocycles. The van der Waals surface area contributed by atoms with Gasteiger partial charge in [0.05, 0.1) is 22.8 Å². The highest BCUT2D eigenvalue weighted by Gasteiger charge is 2.23. The zero-order valence-electron chi connectivity index (χ0n) is 45.1. The number of carbonyl (C=O) groups excluding carboxylic acids is 2. The van der Waals surface area contributed by atoms with E-state index in [1.807, 2.05) is 102 Å². The fraction of sp³-hybridized carbons (Fsp3) is 0.258. The van der Waals surface area contributed by atoms with Gasteiger partial charge in [-0.25, -0.2) is 29.9 Å². The molecular formula is C62H64N14O2. The minimum absolute atomic E-state index is 0.0428. The molecule has 0 saturated carbocycles. The lowest BCUT2D eigenvalue weighted by Crippen LogP contribution is -2.25. The lowest BCUT2D eigenvalue weighted by molar-refractivity contribution is -0.121. The van der Waals surface area contributed by atoms with Gasteiger partial charge in [-0.1, -0.05) is 37.4 Å². The molecule has 0 fully saturated rings. The van der Waals surface area contributed by atoms with E-state index < -0.39 is 0 Å². The maximum absolute atomic E-state index is 13.6. The number of H-pyrrole nitrogens is 2. The SMILES string of the molecule is C=Cc1c(C)c2cc3[nH]c(cc4nc(cc5nc(cc1[nH]2)C(C)=C5CCC(=O)NCCCNc1ccc2nc5c(C)cccn5c2n1)C(CCC(=O)NCCCNc1ccc2nc5c(C)cccn5c2n1)=C4C)c(C)c3C=C. The minimum atomic E-state index is -0.0437. The lowest BCUT2D eigenvalue weighted by Gasteiger charge is -2.09. The maximum Gasteiger partial charge on any atom is 0.220 e. The van der Waals surface area contributed by atoms with E-state index in [4.69, 9.17) is 29.9 Å². The highest BCUT2D eigenvalue weighted by Crippen LogP contribution is 2.38. The number of hydrogen-bond donors (Lipinski definition) is 6.